The maximum absolute atomic E-state index is 13.7. The topological polar surface area (TPSA) is 0 Å². The molecule has 0 spiro atoms. The van der Waals surface area contributed by atoms with Gasteiger partial charge >= 0.3 is 0 Å². The first kappa shape index (κ1) is 24.7. The highest BCUT2D eigenvalue weighted by molar-refractivity contribution is 14.1. The Labute approximate surface area is 248 Å². The molecule has 6 heteroatoms. The number of hydrogen-bond donors (Lipinski definition) is 0. The number of benzene rings is 5. The van der Waals surface area contributed by atoms with Crippen LogP contribution < -0.4 is 0 Å². The molecule has 0 radical (unpaired) electrons. The zero-order valence-corrected chi connectivity index (χ0v) is 25.5. The maximum atomic E-state index is 13.7. The van der Waals surface area contributed by atoms with Crippen LogP contribution in [0.1, 0.15) is 0 Å². The van der Waals surface area contributed by atoms with E-state index in [4.69, 9.17) is 0 Å². The van der Waals surface area contributed by atoms with Crippen molar-refractivity contribution in [3.63, 3.8) is 0 Å². The summed E-state index contributed by atoms with van der Waals surface area (Å²) in [6, 6.07) is 37.9. The van der Waals surface area contributed by atoms with E-state index in [9.17, 15) is 4.39 Å². The second-order valence-corrected chi connectivity index (χ2v) is 14.9. The van der Waals surface area contributed by atoms with Crippen LogP contribution in [0, 0.1) is 13.0 Å². The van der Waals surface area contributed by atoms with Crippen molar-refractivity contribution in [2.45, 2.75) is 19.6 Å². The molecule has 176 valence electrons. The Bertz CT molecular complexity index is 1590. The van der Waals surface area contributed by atoms with Crippen LogP contribution in [-0.4, -0.2) is 0 Å². The van der Waals surface area contributed by atoms with Gasteiger partial charge < -0.3 is 0 Å². The number of rotatable bonds is 5. The molecule has 0 atom stereocenters. The molecule has 0 fully saturated rings. The van der Waals surface area contributed by atoms with Gasteiger partial charge in [0.15, 0.2) is 14.3 Å². The zero-order valence-electron chi connectivity index (χ0n) is 18.8. The van der Waals surface area contributed by atoms with E-state index in [-0.39, 0.29) is 16.3 Å². The molecule has 0 saturated carbocycles. The summed E-state index contributed by atoms with van der Waals surface area (Å²) in [5.41, 5.74) is 0. The van der Waals surface area contributed by atoms with E-state index >= 15 is 0 Å². The molecule has 0 amide bonds. The molecule has 0 aliphatic rings. The third kappa shape index (κ3) is 5.20. The quantitative estimate of drug-likeness (QED) is 0.127. The fourth-order valence-electron chi connectivity index (χ4n) is 4.14. The van der Waals surface area contributed by atoms with Crippen molar-refractivity contribution < 1.29 is 4.39 Å². The van der Waals surface area contributed by atoms with Crippen LogP contribution in [0.4, 0.5) is 4.39 Å². The molecular formula is C30H18FI2S3+. The minimum atomic E-state index is -0.252. The largest absolute Gasteiger partial charge is 0.207 e. The average Bonchev–Trinajstić information content (AvgIpc) is 3.20. The summed E-state index contributed by atoms with van der Waals surface area (Å²) in [7, 11) is -0.252. The molecule has 1 aromatic heterocycles. The number of fused-ring (bicyclic) bond motifs is 3. The highest BCUT2D eigenvalue weighted by Gasteiger charge is 2.24. The second-order valence-electron chi connectivity index (χ2n) is 8.19. The molecular weight excluding hydrogens is 729 g/mol. The fourth-order valence-corrected chi connectivity index (χ4v) is 8.92. The van der Waals surface area contributed by atoms with Crippen LogP contribution in [0.2, 0.25) is 0 Å². The lowest BCUT2D eigenvalue weighted by Gasteiger charge is -2.03. The lowest BCUT2D eigenvalue weighted by atomic mass is 10.1. The summed E-state index contributed by atoms with van der Waals surface area (Å²) >= 11 is 8.26. The summed E-state index contributed by atoms with van der Waals surface area (Å²) in [6.07, 6.45) is 0. The molecule has 5 aromatic carbocycles. The molecule has 36 heavy (non-hydrogen) atoms. The van der Waals surface area contributed by atoms with Crippen molar-refractivity contribution in [1.29, 1.82) is 0 Å². The summed E-state index contributed by atoms with van der Waals surface area (Å²) in [5.74, 6) is -0.199. The van der Waals surface area contributed by atoms with Crippen molar-refractivity contribution in [2.24, 2.45) is 0 Å². The summed E-state index contributed by atoms with van der Waals surface area (Å²) < 4.78 is 18.8. The van der Waals surface area contributed by atoms with Crippen LogP contribution >= 0.6 is 79.2 Å². The van der Waals surface area contributed by atoms with Crippen molar-refractivity contribution >= 4 is 99.3 Å². The molecule has 0 unspecified atom stereocenters. The molecule has 6 rings (SSSR count). The van der Waals surface area contributed by atoms with E-state index in [0.717, 1.165) is 4.90 Å². The lowest BCUT2D eigenvalue weighted by Crippen LogP contribution is -1.77. The monoisotopic (exact) mass is 747 g/mol. The van der Waals surface area contributed by atoms with Gasteiger partial charge in [-0.05, 0) is 130 Å². The van der Waals surface area contributed by atoms with Gasteiger partial charge in [0.1, 0.15) is 5.82 Å². The summed E-state index contributed by atoms with van der Waals surface area (Å²) in [6.45, 7) is 0. The highest BCUT2D eigenvalue weighted by Crippen LogP contribution is 2.50. The number of halogens is 3. The van der Waals surface area contributed by atoms with Crippen molar-refractivity contribution in [1.82, 2.24) is 0 Å². The standard InChI is InChI=1S/C30H18FI2S3/c31-19-1-13-26(14-2-19)36-29-15-11-24(34-22-7-3-20(32)4-8-22)17-27(29)28-18-25(12-16-30(28)36)35-23-9-5-21(33)6-10-23/h1-18H/q+1. The minimum Gasteiger partial charge on any atom is -0.207 e. The van der Waals surface area contributed by atoms with Crippen LogP contribution in [0.5, 0.6) is 0 Å². The average molecular weight is 747 g/mol. The Hall–Kier alpha value is -1.59. The predicted molar refractivity (Wildman–Crippen MR) is 172 cm³/mol. The first-order valence-electron chi connectivity index (χ1n) is 11.2. The van der Waals surface area contributed by atoms with Crippen molar-refractivity contribution in [3.05, 3.63) is 122 Å². The molecule has 0 saturated heterocycles. The van der Waals surface area contributed by atoms with Crippen LogP contribution in [0.3, 0.4) is 0 Å². The molecule has 1 heterocycles. The van der Waals surface area contributed by atoms with Gasteiger partial charge in [-0.1, -0.05) is 23.5 Å². The van der Waals surface area contributed by atoms with Gasteiger partial charge in [-0.3, -0.25) is 0 Å². The molecule has 0 N–H and O–H groups in total. The van der Waals surface area contributed by atoms with E-state index < -0.39 is 0 Å². The SMILES string of the molecule is Fc1ccc(-[s+]2c3ccc(Sc4ccc(I)cc4)cc3c3cc(Sc4ccc(I)cc4)ccc32)cc1. The van der Waals surface area contributed by atoms with Crippen molar-refractivity contribution in [2.75, 3.05) is 0 Å². The summed E-state index contributed by atoms with van der Waals surface area (Å²) in [4.78, 5) is 6.05. The predicted octanol–water partition coefficient (Wildman–Crippen LogP) is 11.4. The Morgan fingerprint density at radius 2 is 0.917 bits per heavy atom. The van der Waals surface area contributed by atoms with E-state index in [2.05, 4.69) is 130 Å². The van der Waals surface area contributed by atoms with Gasteiger partial charge in [-0.2, -0.15) is 0 Å². The van der Waals surface area contributed by atoms with E-state index in [1.54, 1.807) is 35.7 Å². The molecule has 0 aliphatic heterocycles. The lowest BCUT2D eigenvalue weighted by molar-refractivity contribution is 0.628. The van der Waals surface area contributed by atoms with E-state index in [1.165, 1.54) is 46.9 Å². The molecule has 0 aliphatic carbocycles. The molecule has 0 bridgehead atoms. The third-order valence-corrected chi connectivity index (χ3v) is 11.5. The van der Waals surface area contributed by atoms with Crippen molar-refractivity contribution in [3.8, 4) is 4.90 Å². The maximum Gasteiger partial charge on any atom is 0.187 e. The van der Waals surface area contributed by atoms with Gasteiger partial charge in [0.2, 0.25) is 0 Å². The Kier molecular flexibility index (Phi) is 7.31. The fraction of sp³-hybridized carbons (Fsp3) is 0. The Morgan fingerprint density at radius 1 is 0.500 bits per heavy atom. The number of thiophene rings is 1. The zero-order chi connectivity index (χ0) is 24.6. The van der Waals surface area contributed by atoms with Crippen LogP contribution in [0.15, 0.2) is 129 Å². The summed E-state index contributed by atoms with van der Waals surface area (Å²) in [5, 5.41) is 2.55. The molecule has 6 aromatic rings. The van der Waals surface area contributed by atoms with Gasteiger partial charge in [0.25, 0.3) is 0 Å². The van der Waals surface area contributed by atoms with Gasteiger partial charge in [-0.25, -0.2) is 4.39 Å². The smallest absolute Gasteiger partial charge is 0.187 e. The Morgan fingerprint density at radius 3 is 1.36 bits per heavy atom. The third-order valence-electron chi connectivity index (χ3n) is 5.78. The van der Waals surface area contributed by atoms with Crippen LogP contribution in [0.25, 0.3) is 25.1 Å². The van der Waals surface area contributed by atoms with Gasteiger partial charge in [-0.15, -0.1) is 0 Å². The first-order chi connectivity index (χ1) is 17.5. The van der Waals surface area contributed by atoms with E-state index in [0.29, 0.717) is 0 Å². The first-order valence-corrected chi connectivity index (χ1v) is 16.2. The van der Waals surface area contributed by atoms with E-state index in [1.807, 2.05) is 12.1 Å². The van der Waals surface area contributed by atoms with Crippen LogP contribution in [-0.2, 0) is 0 Å². The Balaban J connectivity index is 1.50. The second kappa shape index (κ2) is 10.6. The number of hydrogen-bond acceptors (Lipinski definition) is 2. The van der Waals surface area contributed by atoms with Gasteiger partial charge in [0, 0.05) is 72.2 Å². The normalized spacial score (nSPS) is 11.4. The molecule has 0 nitrogen and oxygen atoms in total. The van der Waals surface area contributed by atoms with Gasteiger partial charge in [0.05, 0.1) is 0 Å². The minimum absolute atomic E-state index is 0.199. The highest BCUT2D eigenvalue weighted by atomic mass is 127.